The molecule has 19 heavy (non-hydrogen) atoms. The van der Waals surface area contributed by atoms with Crippen LogP contribution >= 0.6 is 0 Å². The van der Waals surface area contributed by atoms with E-state index in [1.54, 1.807) is 0 Å². The Labute approximate surface area is 115 Å². The highest BCUT2D eigenvalue weighted by atomic mass is 16.5. The summed E-state index contributed by atoms with van der Waals surface area (Å²) >= 11 is 0. The lowest BCUT2D eigenvalue weighted by Gasteiger charge is -2.11. The third-order valence-electron chi connectivity index (χ3n) is 3.07. The van der Waals surface area contributed by atoms with Crippen LogP contribution in [-0.2, 0) is 6.54 Å². The number of benzene rings is 2. The van der Waals surface area contributed by atoms with Crippen LogP contribution in [0.3, 0.4) is 0 Å². The van der Waals surface area contributed by atoms with Crippen LogP contribution in [0.1, 0.15) is 23.6 Å². The van der Waals surface area contributed by atoms with Crippen molar-refractivity contribution >= 4 is 0 Å². The first-order valence-electron chi connectivity index (χ1n) is 6.74. The van der Waals surface area contributed by atoms with Crippen molar-refractivity contribution in [3.8, 4) is 11.5 Å². The van der Waals surface area contributed by atoms with Crippen molar-refractivity contribution < 1.29 is 4.74 Å². The lowest BCUT2D eigenvalue weighted by Crippen LogP contribution is -2.11. The van der Waals surface area contributed by atoms with Crippen LogP contribution < -0.4 is 10.1 Å². The van der Waals surface area contributed by atoms with Crippen LogP contribution in [0, 0.1) is 13.8 Å². The number of hydrogen-bond donors (Lipinski definition) is 1. The Balaban J connectivity index is 2.10. The fourth-order valence-corrected chi connectivity index (χ4v) is 1.94. The highest BCUT2D eigenvalue weighted by Crippen LogP contribution is 2.25. The van der Waals surface area contributed by atoms with E-state index in [1.807, 2.05) is 18.2 Å². The molecule has 0 saturated heterocycles. The highest BCUT2D eigenvalue weighted by molar-refractivity contribution is 5.40. The Morgan fingerprint density at radius 2 is 1.74 bits per heavy atom. The molecule has 0 heterocycles. The summed E-state index contributed by atoms with van der Waals surface area (Å²) in [6.07, 6.45) is 0. The molecule has 0 fully saturated rings. The molecule has 0 atom stereocenters. The molecule has 0 aromatic heterocycles. The predicted molar refractivity (Wildman–Crippen MR) is 79.8 cm³/mol. The summed E-state index contributed by atoms with van der Waals surface area (Å²) in [4.78, 5) is 0. The van der Waals surface area contributed by atoms with Gasteiger partial charge in [-0.05, 0) is 49.7 Å². The Morgan fingerprint density at radius 1 is 1.00 bits per heavy atom. The van der Waals surface area contributed by atoms with Gasteiger partial charge in [-0.1, -0.05) is 36.8 Å². The molecule has 0 bridgehead atoms. The van der Waals surface area contributed by atoms with Gasteiger partial charge in [0, 0.05) is 6.54 Å². The lowest BCUT2D eigenvalue weighted by atomic mass is 10.1. The third-order valence-corrected chi connectivity index (χ3v) is 3.07. The fourth-order valence-electron chi connectivity index (χ4n) is 1.94. The Bertz CT molecular complexity index is 531. The summed E-state index contributed by atoms with van der Waals surface area (Å²) in [6, 6.07) is 14.4. The van der Waals surface area contributed by atoms with Crippen molar-refractivity contribution in [2.24, 2.45) is 0 Å². The number of rotatable bonds is 5. The van der Waals surface area contributed by atoms with Crippen molar-refractivity contribution in [2.75, 3.05) is 6.54 Å². The Hall–Kier alpha value is -1.80. The largest absolute Gasteiger partial charge is 0.457 e. The second-order valence-corrected chi connectivity index (χ2v) is 4.80. The van der Waals surface area contributed by atoms with Crippen LogP contribution in [0.25, 0.3) is 0 Å². The molecule has 2 aromatic carbocycles. The standard InChI is InChI=1S/C17H21NO/c1-4-18-12-15-7-10-17(14(3)11-15)19-16-8-5-13(2)6-9-16/h5-11,18H,4,12H2,1-3H3. The van der Waals surface area contributed by atoms with Crippen LogP contribution in [0.15, 0.2) is 42.5 Å². The van der Waals surface area contributed by atoms with Gasteiger partial charge in [0.2, 0.25) is 0 Å². The second-order valence-electron chi connectivity index (χ2n) is 4.80. The van der Waals surface area contributed by atoms with E-state index in [0.717, 1.165) is 30.2 Å². The first-order valence-corrected chi connectivity index (χ1v) is 6.74. The van der Waals surface area contributed by atoms with Crippen molar-refractivity contribution in [2.45, 2.75) is 27.3 Å². The third kappa shape index (κ3) is 3.83. The molecule has 2 nitrogen and oxygen atoms in total. The monoisotopic (exact) mass is 255 g/mol. The molecule has 0 radical (unpaired) electrons. The molecular formula is C17H21NO. The van der Waals surface area contributed by atoms with E-state index in [0.29, 0.717) is 0 Å². The van der Waals surface area contributed by atoms with E-state index in [-0.39, 0.29) is 0 Å². The average molecular weight is 255 g/mol. The summed E-state index contributed by atoms with van der Waals surface area (Å²) in [5, 5.41) is 3.33. The molecule has 2 heteroatoms. The summed E-state index contributed by atoms with van der Waals surface area (Å²) < 4.78 is 5.90. The fraction of sp³-hybridized carbons (Fsp3) is 0.294. The van der Waals surface area contributed by atoms with E-state index >= 15 is 0 Å². The topological polar surface area (TPSA) is 21.3 Å². The van der Waals surface area contributed by atoms with Gasteiger partial charge in [0.25, 0.3) is 0 Å². The van der Waals surface area contributed by atoms with Crippen molar-refractivity contribution in [1.29, 1.82) is 0 Å². The maximum Gasteiger partial charge on any atom is 0.130 e. The number of nitrogens with one attached hydrogen (secondary N) is 1. The van der Waals surface area contributed by atoms with Gasteiger partial charge in [0.1, 0.15) is 11.5 Å². The number of aryl methyl sites for hydroxylation is 2. The lowest BCUT2D eigenvalue weighted by molar-refractivity contribution is 0.478. The van der Waals surface area contributed by atoms with Crippen molar-refractivity contribution in [1.82, 2.24) is 5.32 Å². The summed E-state index contributed by atoms with van der Waals surface area (Å²) in [5.74, 6) is 1.80. The SMILES string of the molecule is CCNCc1ccc(Oc2ccc(C)cc2)c(C)c1. The zero-order valence-corrected chi connectivity index (χ0v) is 11.9. The molecule has 2 aromatic rings. The minimum atomic E-state index is 0.883. The summed E-state index contributed by atoms with van der Waals surface area (Å²) in [5.41, 5.74) is 3.69. The van der Waals surface area contributed by atoms with E-state index in [4.69, 9.17) is 4.74 Å². The van der Waals surface area contributed by atoms with Crippen molar-refractivity contribution in [3.05, 3.63) is 59.2 Å². The maximum absolute atomic E-state index is 5.90. The van der Waals surface area contributed by atoms with E-state index in [1.165, 1.54) is 11.1 Å². The zero-order valence-electron chi connectivity index (χ0n) is 11.9. The number of hydrogen-bond acceptors (Lipinski definition) is 2. The average Bonchev–Trinajstić information content (AvgIpc) is 2.41. The first-order chi connectivity index (χ1) is 9.19. The van der Waals surface area contributed by atoms with Gasteiger partial charge >= 0.3 is 0 Å². The Morgan fingerprint density at radius 3 is 2.37 bits per heavy atom. The van der Waals surface area contributed by atoms with Crippen molar-refractivity contribution in [3.63, 3.8) is 0 Å². The molecular weight excluding hydrogens is 234 g/mol. The zero-order chi connectivity index (χ0) is 13.7. The molecule has 0 unspecified atom stereocenters. The summed E-state index contributed by atoms with van der Waals surface area (Å²) in [6.45, 7) is 8.16. The van der Waals surface area contributed by atoms with E-state index in [9.17, 15) is 0 Å². The predicted octanol–water partition coefficient (Wildman–Crippen LogP) is 4.21. The normalized spacial score (nSPS) is 10.5. The minimum Gasteiger partial charge on any atom is -0.457 e. The van der Waals surface area contributed by atoms with Gasteiger partial charge in [-0.25, -0.2) is 0 Å². The molecule has 0 spiro atoms. The van der Waals surface area contributed by atoms with Gasteiger partial charge in [-0.15, -0.1) is 0 Å². The smallest absolute Gasteiger partial charge is 0.130 e. The van der Waals surface area contributed by atoms with E-state index in [2.05, 4.69) is 50.4 Å². The second kappa shape index (κ2) is 6.39. The molecule has 0 aliphatic heterocycles. The van der Waals surface area contributed by atoms with Gasteiger partial charge in [0.05, 0.1) is 0 Å². The van der Waals surface area contributed by atoms with Crippen LogP contribution in [-0.4, -0.2) is 6.54 Å². The van der Waals surface area contributed by atoms with Gasteiger partial charge in [0.15, 0.2) is 0 Å². The molecule has 1 N–H and O–H groups in total. The highest BCUT2D eigenvalue weighted by Gasteiger charge is 2.02. The molecule has 0 aliphatic carbocycles. The first kappa shape index (κ1) is 13.6. The number of ether oxygens (including phenoxy) is 1. The Kier molecular flexibility index (Phi) is 4.58. The van der Waals surface area contributed by atoms with Crippen LogP contribution in [0.5, 0.6) is 11.5 Å². The maximum atomic E-state index is 5.90. The van der Waals surface area contributed by atoms with Gasteiger partial charge < -0.3 is 10.1 Å². The van der Waals surface area contributed by atoms with Gasteiger partial charge in [-0.2, -0.15) is 0 Å². The molecule has 0 amide bonds. The van der Waals surface area contributed by atoms with Crippen LogP contribution in [0.2, 0.25) is 0 Å². The van der Waals surface area contributed by atoms with E-state index < -0.39 is 0 Å². The summed E-state index contributed by atoms with van der Waals surface area (Å²) in [7, 11) is 0. The minimum absolute atomic E-state index is 0.883. The molecule has 100 valence electrons. The van der Waals surface area contributed by atoms with Gasteiger partial charge in [-0.3, -0.25) is 0 Å². The van der Waals surface area contributed by atoms with Crippen LogP contribution in [0.4, 0.5) is 0 Å². The molecule has 2 rings (SSSR count). The molecule has 0 saturated carbocycles. The quantitative estimate of drug-likeness (QED) is 0.864. The molecule has 0 aliphatic rings.